The smallest absolute Gasteiger partial charge is 0.255 e. The highest BCUT2D eigenvalue weighted by molar-refractivity contribution is 7.89. The van der Waals surface area contributed by atoms with Crippen LogP contribution < -0.4 is 10.2 Å². The Bertz CT molecular complexity index is 977. The number of carbonyl (C=O) groups is 1. The number of nitrogens with one attached hydrogen (secondary N) is 1. The topological polar surface area (TPSA) is 69.7 Å². The van der Waals surface area contributed by atoms with Crippen LogP contribution in [-0.2, 0) is 10.0 Å². The average molecular weight is 430 g/mol. The predicted octanol–water partition coefficient (Wildman–Crippen LogP) is 4.27. The molecule has 1 saturated heterocycles. The molecule has 6 nitrogen and oxygen atoms in total. The van der Waals surface area contributed by atoms with Crippen LogP contribution in [0.5, 0.6) is 0 Å². The third kappa shape index (κ3) is 4.84. The first kappa shape index (κ1) is 22.3. The van der Waals surface area contributed by atoms with E-state index in [1.165, 1.54) is 10.4 Å². The van der Waals surface area contributed by atoms with Crippen LogP contribution in [0.1, 0.15) is 49.0 Å². The summed E-state index contributed by atoms with van der Waals surface area (Å²) in [6.07, 6.45) is 2.81. The first-order valence-electron chi connectivity index (χ1n) is 10.6. The quantitative estimate of drug-likeness (QED) is 0.714. The van der Waals surface area contributed by atoms with Gasteiger partial charge in [-0.2, -0.15) is 4.31 Å². The van der Waals surface area contributed by atoms with Gasteiger partial charge in [-0.15, -0.1) is 0 Å². The minimum atomic E-state index is -3.58. The van der Waals surface area contributed by atoms with Gasteiger partial charge in [-0.05, 0) is 75.6 Å². The van der Waals surface area contributed by atoms with E-state index in [4.69, 9.17) is 0 Å². The van der Waals surface area contributed by atoms with Crippen LogP contribution in [0, 0.1) is 6.92 Å². The molecule has 1 amide bonds. The van der Waals surface area contributed by atoms with Crippen LogP contribution in [-0.4, -0.2) is 44.8 Å². The fourth-order valence-corrected chi connectivity index (χ4v) is 5.35. The summed E-state index contributed by atoms with van der Waals surface area (Å²) in [5.41, 5.74) is 2.90. The average Bonchev–Trinajstić information content (AvgIpc) is 2.76. The van der Waals surface area contributed by atoms with Crippen LogP contribution in [0.15, 0.2) is 47.4 Å². The molecular formula is C23H31N3O3S. The number of anilines is 2. The number of rotatable bonds is 7. The second-order valence-electron chi connectivity index (χ2n) is 7.61. The summed E-state index contributed by atoms with van der Waals surface area (Å²) in [5, 5.41) is 2.89. The Hall–Kier alpha value is -2.38. The number of hydrogen-bond acceptors (Lipinski definition) is 4. The monoisotopic (exact) mass is 429 g/mol. The van der Waals surface area contributed by atoms with Crippen LogP contribution in [0.4, 0.5) is 11.4 Å². The molecule has 0 aromatic heterocycles. The maximum atomic E-state index is 13.0. The first-order valence-corrected chi connectivity index (χ1v) is 12.1. The first-order chi connectivity index (χ1) is 14.4. The molecule has 1 heterocycles. The largest absolute Gasteiger partial charge is 0.372 e. The van der Waals surface area contributed by atoms with E-state index in [1.807, 2.05) is 31.2 Å². The fourth-order valence-electron chi connectivity index (χ4n) is 3.80. The SMILES string of the molecule is CCN(CC)c1ccc(NC(=O)c2cc(S(=O)(=O)N3CCCCC3)ccc2C)cc1. The standard InChI is InChI=1S/C23H31N3O3S/c1-4-25(5-2)20-12-10-19(11-13-20)24-23(27)22-17-21(14-9-18(22)3)30(28,29)26-15-7-6-8-16-26/h9-14,17H,4-8,15-16H2,1-3H3,(H,24,27). The van der Waals surface area contributed by atoms with E-state index in [2.05, 4.69) is 24.1 Å². The van der Waals surface area contributed by atoms with Crippen molar-refractivity contribution in [1.29, 1.82) is 0 Å². The molecule has 0 unspecified atom stereocenters. The van der Waals surface area contributed by atoms with E-state index in [9.17, 15) is 13.2 Å². The van der Waals surface area contributed by atoms with Gasteiger partial charge in [-0.3, -0.25) is 4.79 Å². The zero-order valence-electron chi connectivity index (χ0n) is 18.0. The molecule has 0 spiro atoms. The Kier molecular flexibility index (Phi) is 7.15. The molecule has 30 heavy (non-hydrogen) atoms. The second kappa shape index (κ2) is 9.62. The number of aryl methyl sites for hydroxylation is 1. The number of benzene rings is 2. The maximum absolute atomic E-state index is 13.0. The van der Waals surface area contributed by atoms with Gasteiger partial charge in [0, 0.05) is 43.1 Å². The minimum absolute atomic E-state index is 0.178. The van der Waals surface area contributed by atoms with Crippen LogP contribution >= 0.6 is 0 Å². The molecule has 162 valence electrons. The Balaban J connectivity index is 1.80. The zero-order valence-corrected chi connectivity index (χ0v) is 18.8. The van der Waals surface area contributed by atoms with Gasteiger partial charge < -0.3 is 10.2 Å². The van der Waals surface area contributed by atoms with Crippen molar-refractivity contribution in [1.82, 2.24) is 4.31 Å². The predicted molar refractivity (Wildman–Crippen MR) is 122 cm³/mol. The van der Waals surface area contributed by atoms with Crippen molar-refractivity contribution in [2.45, 2.75) is 44.9 Å². The zero-order chi connectivity index (χ0) is 21.7. The Labute approximate surface area is 179 Å². The summed E-state index contributed by atoms with van der Waals surface area (Å²) in [7, 11) is -3.58. The molecule has 3 rings (SSSR count). The maximum Gasteiger partial charge on any atom is 0.255 e. The summed E-state index contributed by atoms with van der Waals surface area (Å²) < 4.78 is 27.5. The van der Waals surface area contributed by atoms with Crippen molar-refractivity contribution in [3.63, 3.8) is 0 Å². The summed E-state index contributed by atoms with van der Waals surface area (Å²) in [6, 6.07) is 12.5. The van der Waals surface area contributed by atoms with E-state index in [-0.39, 0.29) is 10.8 Å². The van der Waals surface area contributed by atoms with Gasteiger partial charge in [0.05, 0.1) is 4.90 Å². The number of sulfonamides is 1. The third-order valence-corrected chi connectivity index (χ3v) is 7.55. The van der Waals surface area contributed by atoms with Crippen molar-refractivity contribution in [2.75, 3.05) is 36.4 Å². The van der Waals surface area contributed by atoms with Gasteiger partial charge in [-0.1, -0.05) is 12.5 Å². The Morgan fingerprint density at radius 2 is 1.63 bits per heavy atom. The fraction of sp³-hybridized carbons (Fsp3) is 0.435. The Morgan fingerprint density at radius 1 is 1.00 bits per heavy atom. The highest BCUT2D eigenvalue weighted by Gasteiger charge is 2.27. The minimum Gasteiger partial charge on any atom is -0.372 e. The van der Waals surface area contributed by atoms with Crippen molar-refractivity contribution in [2.24, 2.45) is 0 Å². The lowest BCUT2D eigenvalue weighted by Gasteiger charge is -2.26. The third-order valence-electron chi connectivity index (χ3n) is 5.66. The summed E-state index contributed by atoms with van der Waals surface area (Å²) >= 11 is 0. The van der Waals surface area contributed by atoms with Gasteiger partial charge in [0.25, 0.3) is 5.91 Å². The molecule has 1 N–H and O–H groups in total. The molecule has 0 bridgehead atoms. The van der Waals surface area contributed by atoms with Crippen LogP contribution in [0.25, 0.3) is 0 Å². The molecule has 1 fully saturated rings. The summed E-state index contributed by atoms with van der Waals surface area (Å²) in [6.45, 7) is 8.93. The van der Waals surface area contributed by atoms with Crippen molar-refractivity contribution < 1.29 is 13.2 Å². The number of nitrogens with zero attached hydrogens (tertiary/aromatic N) is 2. The molecule has 0 atom stereocenters. The molecule has 0 saturated carbocycles. The van der Waals surface area contributed by atoms with E-state index >= 15 is 0 Å². The Morgan fingerprint density at radius 3 is 2.23 bits per heavy atom. The summed E-state index contributed by atoms with van der Waals surface area (Å²) in [4.78, 5) is 15.3. The van der Waals surface area contributed by atoms with Gasteiger partial charge >= 0.3 is 0 Å². The van der Waals surface area contributed by atoms with Gasteiger partial charge in [0.1, 0.15) is 0 Å². The normalized spacial score (nSPS) is 15.0. The van der Waals surface area contributed by atoms with Crippen molar-refractivity contribution in [3.8, 4) is 0 Å². The molecule has 2 aromatic rings. The summed E-state index contributed by atoms with van der Waals surface area (Å²) in [5.74, 6) is -0.307. The molecular weight excluding hydrogens is 398 g/mol. The lowest BCUT2D eigenvalue weighted by molar-refractivity contribution is 0.102. The van der Waals surface area contributed by atoms with Crippen molar-refractivity contribution in [3.05, 3.63) is 53.6 Å². The van der Waals surface area contributed by atoms with E-state index in [0.29, 0.717) is 24.3 Å². The van der Waals surface area contributed by atoms with Crippen LogP contribution in [0.2, 0.25) is 0 Å². The second-order valence-corrected chi connectivity index (χ2v) is 9.55. The number of hydrogen-bond donors (Lipinski definition) is 1. The van der Waals surface area contributed by atoms with Gasteiger partial charge in [0.15, 0.2) is 0 Å². The van der Waals surface area contributed by atoms with Crippen molar-refractivity contribution >= 4 is 27.3 Å². The lowest BCUT2D eigenvalue weighted by Crippen LogP contribution is -2.35. The van der Waals surface area contributed by atoms with E-state index in [1.54, 1.807) is 12.1 Å². The molecule has 2 aromatic carbocycles. The van der Waals surface area contributed by atoms with E-state index < -0.39 is 10.0 Å². The van der Waals surface area contributed by atoms with Gasteiger partial charge in [-0.25, -0.2) is 8.42 Å². The molecule has 0 radical (unpaired) electrons. The van der Waals surface area contributed by atoms with Crippen LogP contribution in [0.3, 0.4) is 0 Å². The molecule has 1 aliphatic heterocycles. The number of piperidine rings is 1. The molecule has 1 aliphatic rings. The highest BCUT2D eigenvalue weighted by atomic mass is 32.2. The molecule has 0 aliphatic carbocycles. The number of carbonyl (C=O) groups excluding carboxylic acids is 1. The lowest BCUT2D eigenvalue weighted by atomic mass is 10.1. The van der Waals surface area contributed by atoms with Gasteiger partial charge in [0.2, 0.25) is 10.0 Å². The number of amides is 1. The highest BCUT2D eigenvalue weighted by Crippen LogP contribution is 2.24. The van der Waals surface area contributed by atoms with E-state index in [0.717, 1.165) is 43.6 Å². The molecule has 7 heteroatoms.